The van der Waals surface area contributed by atoms with Crippen LogP contribution in [0.15, 0.2) is 67.1 Å². The van der Waals surface area contributed by atoms with E-state index in [4.69, 9.17) is 19.4 Å². The molecule has 1 unspecified atom stereocenters. The summed E-state index contributed by atoms with van der Waals surface area (Å²) in [6.07, 6.45) is 2.09. The Morgan fingerprint density at radius 3 is 2.39 bits per heavy atom. The zero-order valence-electron chi connectivity index (χ0n) is 23.0. The number of carbonyl (C=O) groups is 2. The number of likely N-dealkylation sites (N-methyl/N-ethyl adjacent to an activating group) is 1. The van der Waals surface area contributed by atoms with Crippen LogP contribution in [0.25, 0.3) is 11.8 Å². The molecule has 3 aromatic rings. The number of rotatable bonds is 8. The maximum atomic E-state index is 13.2. The SMILES string of the molecule is COc1cc(/C=C/C(=O)N(C)C(CN2CCOCC2)c2ccccc2)ccc1-n1cnc(C)c1.O=C(O)C(F)(F)F. The second-order valence-corrected chi connectivity index (χ2v) is 9.28. The first-order valence-electron chi connectivity index (χ1n) is 12.8. The van der Waals surface area contributed by atoms with Crippen LogP contribution in [0.2, 0.25) is 0 Å². The Hall–Kier alpha value is -4.16. The maximum Gasteiger partial charge on any atom is 0.490 e. The zero-order chi connectivity index (χ0) is 30.0. The van der Waals surface area contributed by atoms with Crippen LogP contribution in [0.5, 0.6) is 5.75 Å². The fourth-order valence-corrected chi connectivity index (χ4v) is 4.16. The molecule has 2 heterocycles. The summed E-state index contributed by atoms with van der Waals surface area (Å²) in [5, 5.41) is 7.12. The van der Waals surface area contributed by atoms with E-state index in [9.17, 15) is 18.0 Å². The van der Waals surface area contributed by atoms with Crippen LogP contribution in [-0.2, 0) is 14.3 Å². The minimum atomic E-state index is -5.08. The van der Waals surface area contributed by atoms with Gasteiger partial charge in [-0.25, -0.2) is 9.78 Å². The van der Waals surface area contributed by atoms with E-state index in [1.54, 1.807) is 19.5 Å². The normalized spacial score (nSPS) is 14.7. The van der Waals surface area contributed by atoms with Crippen molar-refractivity contribution in [2.24, 2.45) is 0 Å². The average Bonchev–Trinajstić information content (AvgIpc) is 3.40. The van der Waals surface area contributed by atoms with Crippen LogP contribution in [0, 0.1) is 6.92 Å². The molecule has 0 bridgehead atoms. The molecule has 41 heavy (non-hydrogen) atoms. The molecular formula is C29H33F3N4O5. The maximum absolute atomic E-state index is 13.2. The lowest BCUT2D eigenvalue weighted by Crippen LogP contribution is -2.43. The lowest BCUT2D eigenvalue weighted by Gasteiger charge is -2.35. The number of aryl methyl sites for hydroxylation is 1. The molecule has 0 radical (unpaired) electrons. The Morgan fingerprint density at radius 1 is 1.17 bits per heavy atom. The summed E-state index contributed by atoms with van der Waals surface area (Å²) in [5.41, 5.74) is 3.85. The van der Waals surface area contributed by atoms with Crippen molar-refractivity contribution in [3.05, 3.63) is 84.0 Å². The molecule has 1 saturated heterocycles. The number of aromatic nitrogens is 2. The topological polar surface area (TPSA) is 97.1 Å². The van der Waals surface area contributed by atoms with Crippen LogP contribution in [0.1, 0.15) is 22.9 Å². The number of methoxy groups -OCH3 is 1. The fourth-order valence-electron chi connectivity index (χ4n) is 4.16. The lowest BCUT2D eigenvalue weighted by molar-refractivity contribution is -0.192. The molecule has 1 atom stereocenters. The van der Waals surface area contributed by atoms with Crippen LogP contribution in [0.3, 0.4) is 0 Å². The number of imidazole rings is 1. The molecular weight excluding hydrogens is 541 g/mol. The second kappa shape index (κ2) is 14.5. The number of hydrogen-bond donors (Lipinski definition) is 1. The van der Waals surface area contributed by atoms with Crippen molar-refractivity contribution in [3.63, 3.8) is 0 Å². The van der Waals surface area contributed by atoms with Gasteiger partial charge in [0.2, 0.25) is 5.91 Å². The number of ether oxygens (including phenoxy) is 2. The molecule has 4 rings (SSSR count). The fraction of sp³-hybridized carbons (Fsp3) is 0.345. The molecule has 0 aliphatic carbocycles. The summed E-state index contributed by atoms with van der Waals surface area (Å²) in [6.45, 7) is 5.94. The third kappa shape index (κ3) is 9.19. The van der Waals surface area contributed by atoms with Crippen molar-refractivity contribution in [1.29, 1.82) is 0 Å². The molecule has 1 aliphatic rings. The van der Waals surface area contributed by atoms with Crippen molar-refractivity contribution in [2.75, 3.05) is 47.0 Å². The number of carboxylic acids is 1. The molecule has 1 aliphatic heterocycles. The van der Waals surface area contributed by atoms with Gasteiger partial charge in [0.25, 0.3) is 0 Å². The average molecular weight is 575 g/mol. The summed E-state index contributed by atoms with van der Waals surface area (Å²) in [7, 11) is 3.51. The standard InChI is InChI=1S/C27H32N4O3.C2HF3O2/c1-21-18-31(20-28-21)24-11-9-22(17-26(24)33-3)10-12-27(32)29(2)25(23-7-5-4-6-8-23)19-30-13-15-34-16-14-30;3-2(4,5)1(6)7/h4-12,17-18,20,25H,13-16,19H2,1-3H3;(H,6,7)/b12-10+;. The molecule has 220 valence electrons. The Kier molecular flexibility index (Phi) is 11.1. The van der Waals surface area contributed by atoms with E-state index < -0.39 is 12.1 Å². The molecule has 1 aromatic heterocycles. The Balaban J connectivity index is 0.000000587. The summed E-state index contributed by atoms with van der Waals surface area (Å²) in [4.78, 5) is 30.5. The second-order valence-electron chi connectivity index (χ2n) is 9.28. The highest BCUT2D eigenvalue weighted by atomic mass is 19.4. The van der Waals surface area contributed by atoms with Crippen molar-refractivity contribution in [2.45, 2.75) is 19.1 Å². The molecule has 1 amide bonds. The first-order chi connectivity index (χ1) is 19.5. The number of halogens is 3. The van der Waals surface area contributed by atoms with Gasteiger partial charge in [0, 0.05) is 39.0 Å². The van der Waals surface area contributed by atoms with Crippen LogP contribution in [0.4, 0.5) is 13.2 Å². The number of carboxylic acid groups (broad SMARTS) is 1. The highest BCUT2D eigenvalue weighted by Gasteiger charge is 2.38. The number of benzene rings is 2. The number of hydrogen-bond acceptors (Lipinski definition) is 6. The van der Waals surface area contributed by atoms with E-state index in [0.29, 0.717) is 0 Å². The smallest absolute Gasteiger partial charge is 0.490 e. The van der Waals surface area contributed by atoms with Crippen molar-refractivity contribution < 1.29 is 37.3 Å². The first-order valence-corrected chi connectivity index (χ1v) is 12.8. The summed E-state index contributed by atoms with van der Waals surface area (Å²) < 4.78 is 44.7. The zero-order valence-corrected chi connectivity index (χ0v) is 23.0. The number of aliphatic carboxylic acids is 1. The van der Waals surface area contributed by atoms with Crippen LogP contribution < -0.4 is 4.74 Å². The monoisotopic (exact) mass is 574 g/mol. The molecule has 2 aromatic carbocycles. The van der Waals surface area contributed by atoms with E-state index in [0.717, 1.165) is 61.1 Å². The predicted molar refractivity (Wildman–Crippen MR) is 147 cm³/mol. The summed E-state index contributed by atoms with van der Waals surface area (Å²) >= 11 is 0. The predicted octanol–water partition coefficient (Wildman–Crippen LogP) is 4.37. The van der Waals surface area contributed by atoms with E-state index in [1.807, 2.05) is 72.1 Å². The summed E-state index contributed by atoms with van der Waals surface area (Å²) in [5.74, 6) is -2.09. The Bertz CT molecular complexity index is 1320. The molecule has 1 fully saturated rings. The van der Waals surface area contributed by atoms with Gasteiger partial charge in [-0.1, -0.05) is 36.4 Å². The molecule has 12 heteroatoms. The van der Waals surface area contributed by atoms with Gasteiger partial charge in [-0.05, 0) is 36.3 Å². The van der Waals surface area contributed by atoms with Gasteiger partial charge in [-0.2, -0.15) is 13.2 Å². The quantitative estimate of drug-likeness (QED) is 0.399. The minimum Gasteiger partial charge on any atom is -0.495 e. The van der Waals surface area contributed by atoms with Gasteiger partial charge < -0.3 is 24.0 Å². The van der Waals surface area contributed by atoms with Crippen molar-refractivity contribution in [3.8, 4) is 11.4 Å². The molecule has 9 nitrogen and oxygen atoms in total. The van der Waals surface area contributed by atoms with Gasteiger partial charge in [0.15, 0.2) is 0 Å². The molecule has 1 N–H and O–H groups in total. The number of nitrogens with zero attached hydrogens (tertiary/aromatic N) is 4. The van der Waals surface area contributed by atoms with Crippen LogP contribution >= 0.6 is 0 Å². The number of alkyl halides is 3. The highest BCUT2D eigenvalue weighted by Crippen LogP contribution is 2.26. The Morgan fingerprint density at radius 2 is 1.83 bits per heavy atom. The van der Waals surface area contributed by atoms with E-state index in [1.165, 1.54) is 0 Å². The van der Waals surface area contributed by atoms with E-state index in [2.05, 4.69) is 22.0 Å². The highest BCUT2D eigenvalue weighted by molar-refractivity contribution is 5.92. The van der Waals surface area contributed by atoms with Gasteiger partial charge in [-0.3, -0.25) is 9.69 Å². The van der Waals surface area contributed by atoms with Gasteiger partial charge in [-0.15, -0.1) is 0 Å². The van der Waals surface area contributed by atoms with E-state index >= 15 is 0 Å². The van der Waals surface area contributed by atoms with Crippen molar-refractivity contribution in [1.82, 2.24) is 19.4 Å². The minimum absolute atomic E-state index is 0.0437. The third-order valence-electron chi connectivity index (χ3n) is 6.39. The Labute approximate surface area is 236 Å². The molecule has 0 saturated carbocycles. The lowest BCUT2D eigenvalue weighted by atomic mass is 10.0. The van der Waals surface area contributed by atoms with Gasteiger partial charge in [0.1, 0.15) is 5.75 Å². The summed E-state index contributed by atoms with van der Waals surface area (Å²) in [6, 6.07) is 16.0. The number of carbonyl (C=O) groups excluding carboxylic acids is 1. The third-order valence-corrected chi connectivity index (χ3v) is 6.39. The van der Waals surface area contributed by atoms with E-state index in [-0.39, 0.29) is 11.9 Å². The number of morpholine rings is 1. The largest absolute Gasteiger partial charge is 0.495 e. The van der Waals surface area contributed by atoms with Crippen molar-refractivity contribution >= 4 is 18.0 Å². The van der Waals surface area contributed by atoms with Gasteiger partial charge >= 0.3 is 12.1 Å². The van der Waals surface area contributed by atoms with Crippen LogP contribution in [-0.4, -0.2) is 89.5 Å². The molecule has 0 spiro atoms. The van der Waals surface area contributed by atoms with Gasteiger partial charge in [0.05, 0.1) is 44.1 Å². The number of amides is 1. The first kappa shape index (κ1) is 31.4.